The summed E-state index contributed by atoms with van der Waals surface area (Å²) in [4.78, 5) is 21.2. The molecule has 0 saturated carbocycles. The van der Waals surface area contributed by atoms with Gasteiger partial charge < -0.3 is 20.4 Å². The van der Waals surface area contributed by atoms with Gasteiger partial charge >= 0.3 is 0 Å². The second kappa shape index (κ2) is 10.1. The Balaban J connectivity index is 1.54. The van der Waals surface area contributed by atoms with Gasteiger partial charge in [-0.25, -0.2) is 4.98 Å². The molecule has 1 amide bonds. The molecule has 0 aliphatic heterocycles. The molecule has 0 spiro atoms. The normalized spacial score (nSPS) is 11.8. The number of amides is 1. The van der Waals surface area contributed by atoms with Crippen molar-refractivity contribution in [2.24, 2.45) is 4.99 Å². The number of nitrogens with one attached hydrogen (secondary N) is 3. The van der Waals surface area contributed by atoms with Gasteiger partial charge in [0.15, 0.2) is 5.96 Å². The van der Waals surface area contributed by atoms with E-state index >= 15 is 0 Å². The van der Waals surface area contributed by atoms with Crippen LogP contribution in [0.4, 0.5) is 0 Å². The Morgan fingerprint density at radius 2 is 1.78 bits per heavy atom. The number of guanidine groups is 1. The number of nitrogens with zero attached hydrogens (tertiary/aromatic N) is 2. The van der Waals surface area contributed by atoms with E-state index in [9.17, 15) is 4.79 Å². The molecule has 0 radical (unpaired) electrons. The molecule has 2 aromatic carbocycles. The lowest BCUT2D eigenvalue weighted by molar-refractivity contribution is 0.0919. The van der Waals surface area contributed by atoms with Gasteiger partial charge in [-0.3, -0.25) is 9.79 Å². The molecule has 0 bridgehead atoms. The largest absolute Gasteiger partial charge is 0.444 e. The zero-order chi connectivity index (χ0) is 23.1. The third-order valence-corrected chi connectivity index (χ3v) is 4.65. The fourth-order valence-electron chi connectivity index (χ4n) is 3.03. The number of hydrogen-bond donors (Lipinski definition) is 3. The van der Waals surface area contributed by atoms with Gasteiger partial charge in [-0.1, -0.05) is 29.8 Å². The quantitative estimate of drug-likeness (QED) is 0.403. The van der Waals surface area contributed by atoms with Gasteiger partial charge in [0.05, 0.1) is 12.2 Å². The van der Waals surface area contributed by atoms with Crippen molar-refractivity contribution in [2.45, 2.75) is 46.3 Å². The van der Waals surface area contributed by atoms with Crippen LogP contribution < -0.4 is 16.0 Å². The lowest BCUT2D eigenvalue weighted by Gasteiger charge is -2.20. The summed E-state index contributed by atoms with van der Waals surface area (Å²) < 4.78 is 5.61. The minimum atomic E-state index is -0.280. The van der Waals surface area contributed by atoms with Crippen LogP contribution >= 0.6 is 0 Å². The summed E-state index contributed by atoms with van der Waals surface area (Å²) in [6.07, 6.45) is 1.65. The van der Waals surface area contributed by atoms with Crippen molar-refractivity contribution >= 4 is 11.9 Å². The molecule has 7 nitrogen and oxygen atoms in total. The average molecular weight is 434 g/mol. The second-order valence-electron chi connectivity index (χ2n) is 8.69. The van der Waals surface area contributed by atoms with Crippen molar-refractivity contribution in [3.05, 3.63) is 77.2 Å². The van der Waals surface area contributed by atoms with Crippen molar-refractivity contribution < 1.29 is 9.21 Å². The van der Waals surface area contributed by atoms with Crippen LogP contribution in [0.15, 0.2) is 64.2 Å². The summed E-state index contributed by atoms with van der Waals surface area (Å²) in [5, 5.41) is 9.48. The Kier molecular flexibility index (Phi) is 7.30. The van der Waals surface area contributed by atoms with Gasteiger partial charge in [-0.05, 0) is 57.5 Å². The fraction of sp³-hybridized carbons (Fsp3) is 0.320. The molecule has 0 unspecified atom stereocenters. The molecular weight excluding hydrogens is 402 g/mol. The molecular formula is C25H31N5O2. The smallest absolute Gasteiger partial charge is 0.251 e. The van der Waals surface area contributed by atoms with Crippen molar-refractivity contribution in [2.75, 3.05) is 7.05 Å². The van der Waals surface area contributed by atoms with Crippen LogP contribution in [0, 0.1) is 6.92 Å². The SMILES string of the molecule is CN=C(NCc1cccc(C(=O)NC(C)(C)C)c1)NCc1coc(-c2ccc(C)cc2)n1. The Hall–Kier alpha value is -3.61. The van der Waals surface area contributed by atoms with E-state index in [4.69, 9.17) is 4.42 Å². The van der Waals surface area contributed by atoms with E-state index in [1.54, 1.807) is 13.3 Å². The lowest BCUT2D eigenvalue weighted by atomic mass is 10.1. The Bertz CT molecular complexity index is 1080. The van der Waals surface area contributed by atoms with Crippen LogP contribution in [-0.2, 0) is 13.1 Å². The van der Waals surface area contributed by atoms with Crippen LogP contribution in [0.1, 0.15) is 48.0 Å². The number of oxazole rings is 1. The summed E-state index contributed by atoms with van der Waals surface area (Å²) in [6, 6.07) is 15.6. The Labute approximate surface area is 189 Å². The van der Waals surface area contributed by atoms with Crippen molar-refractivity contribution in [3.8, 4) is 11.5 Å². The summed E-state index contributed by atoms with van der Waals surface area (Å²) in [7, 11) is 1.71. The van der Waals surface area contributed by atoms with Crippen LogP contribution in [0.25, 0.3) is 11.5 Å². The van der Waals surface area contributed by atoms with E-state index < -0.39 is 0 Å². The van der Waals surface area contributed by atoms with Gasteiger partial charge in [-0.2, -0.15) is 0 Å². The molecule has 0 aliphatic carbocycles. The van der Waals surface area contributed by atoms with E-state index in [1.807, 2.05) is 76.2 Å². The predicted molar refractivity (Wildman–Crippen MR) is 127 cm³/mol. The number of benzene rings is 2. The van der Waals surface area contributed by atoms with E-state index in [0.717, 1.165) is 16.8 Å². The summed E-state index contributed by atoms with van der Waals surface area (Å²) in [5.74, 6) is 1.14. The Morgan fingerprint density at radius 3 is 2.47 bits per heavy atom. The molecule has 0 aliphatic rings. The minimum Gasteiger partial charge on any atom is -0.444 e. The second-order valence-corrected chi connectivity index (χ2v) is 8.69. The first-order chi connectivity index (χ1) is 15.2. The van der Waals surface area contributed by atoms with Crippen LogP contribution in [0.3, 0.4) is 0 Å². The van der Waals surface area contributed by atoms with E-state index in [-0.39, 0.29) is 11.4 Å². The van der Waals surface area contributed by atoms with Crippen LogP contribution in [0.5, 0.6) is 0 Å². The molecule has 3 rings (SSSR count). The predicted octanol–water partition coefficient (Wildman–Crippen LogP) is 4.04. The average Bonchev–Trinajstić information content (AvgIpc) is 3.22. The number of hydrogen-bond acceptors (Lipinski definition) is 4. The zero-order valence-corrected chi connectivity index (χ0v) is 19.3. The molecule has 32 heavy (non-hydrogen) atoms. The topological polar surface area (TPSA) is 91.5 Å². The third-order valence-electron chi connectivity index (χ3n) is 4.65. The van der Waals surface area contributed by atoms with Gasteiger partial charge in [0.25, 0.3) is 5.91 Å². The molecule has 3 N–H and O–H groups in total. The molecule has 7 heteroatoms. The molecule has 0 fully saturated rings. The Morgan fingerprint density at radius 1 is 1.06 bits per heavy atom. The highest BCUT2D eigenvalue weighted by Crippen LogP contribution is 2.19. The molecule has 3 aromatic rings. The molecule has 0 atom stereocenters. The van der Waals surface area contributed by atoms with Crippen molar-refractivity contribution in [3.63, 3.8) is 0 Å². The number of carbonyl (C=O) groups is 1. The number of rotatable bonds is 6. The first-order valence-electron chi connectivity index (χ1n) is 10.6. The number of aliphatic imine (C=N–C) groups is 1. The lowest BCUT2D eigenvalue weighted by Crippen LogP contribution is -2.40. The van der Waals surface area contributed by atoms with Gasteiger partial charge in [0, 0.05) is 30.3 Å². The number of aryl methyl sites for hydroxylation is 1. The fourth-order valence-corrected chi connectivity index (χ4v) is 3.03. The highest BCUT2D eigenvalue weighted by atomic mass is 16.3. The van der Waals surface area contributed by atoms with Gasteiger partial charge in [0.1, 0.15) is 6.26 Å². The van der Waals surface area contributed by atoms with Gasteiger partial charge in [0.2, 0.25) is 5.89 Å². The maximum atomic E-state index is 12.4. The number of aromatic nitrogens is 1. The monoisotopic (exact) mass is 433 g/mol. The van der Waals surface area contributed by atoms with Gasteiger partial charge in [-0.15, -0.1) is 0 Å². The number of carbonyl (C=O) groups excluding carboxylic acids is 1. The summed E-state index contributed by atoms with van der Waals surface area (Å²) >= 11 is 0. The van der Waals surface area contributed by atoms with E-state index in [1.165, 1.54) is 5.56 Å². The molecule has 0 saturated heterocycles. The molecule has 1 aromatic heterocycles. The first kappa shape index (κ1) is 23.1. The highest BCUT2D eigenvalue weighted by Gasteiger charge is 2.15. The highest BCUT2D eigenvalue weighted by molar-refractivity contribution is 5.94. The third kappa shape index (κ3) is 6.70. The van der Waals surface area contributed by atoms with Crippen LogP contribution in [0.2, 0.25) is 0 Å². The molecule has 168 valence electrons. The van der Waals surface area contributed by atoms with E-state index in [0.29, 0.717) is 30.5 Å². The maximum absolute atomic E-state index is 12.4. The first-order valence-corrected chi connectivity index (χ1v) is 10.6. The van der Waals surface area contributed by atoms with Crippen LogP contribution in [-0.4, -0.2) is 29.4 Å². The zero-order valence-electron chi connectivity index (χ0n) is 19.3. The van der Waals surface area contributed by atoms with E-state index in [2.05, 4.69) is 25.9 Å². The van der Waals surface area contributed by atoms with Crippen molar-refractivity contribution in [1.82, 2.24) is 20.9 Å². The standard InChI is InChI=1S/C25H31N5O2/c1-17-9-11-19(12-10-17)23-29-21(16-32-23)15-28-24(26-5)27-14-18-7-6-8-20(13-18)22(31)30-25(2,3)4/h6-13,16H,14-15H2,1-5H3,(H,30,31)(H2,26,27,28). The minimum absolute atomic E-state index is 0.0859. The van der Waals surface area contributed by atoms with Crippen molar-refractivity contribution in [1.29, 1.82) is 0 Å². The summed E-state index contributed by atoms with van der Waals surface area (Å²) in [6.45, 7) is 8.94. The maximum Gasteiger partial charge on any atom is 0.251 e. The molecule has 1 heterocycles. The summed E-state index contributed by atoms with van der Waals surface area (Å²) in [5.41, 5.74) is 4.25.